The van der Waals surface area contributed by atoms with Gasteiger partial charge in [-0.25, -0.2) is 4.98 Å². The molecular formula is C16H20F3N3O2. The van der Waals surface area contributed by atoms with E-state index in [-0.39, 0.29) is 30.3 Å². The molecule has 2 aliphatic rings. The maximum Gasteiger partial charge on any atom is 0.419 e. The average molecular weight is 343 g/mol. The lowest BCUT2D eigenvalue weighted by molar-refractivity contribution is -0.137. The van der Waals surface area contributed by atoms with Crippen LogP contribution in [-0.4, -0.2) is 43.7 Å². The first-order valence-electron chi connectivity index (χ1n) is 7.95. The number of carbonyl (C=O) groups excluding carboxylic acids is 1. The molecule has 24 heavy (non-hydrogen) atoms. The van der Waals surface area contributed by atoms with Crippen molar-refractivity contribution in [2.24, 2.45) is 11.8 Å². The molecule has 1 saturated heterocycles. The molecule has 1 aromatic rings. The fourth-order valence-electron chi connectivity index (χ4n) is 3.41. The van der Waals surface area contributed by atoms with Gasteiger partial charge in [-0.05, 0) is 30.9 Å². The molecule has 0 bridgehead atoms. The van der Waals surface area contributed by atoms with E-state index < -0.39 is 11.7 Å². The van der Waals surface area contributed by atoms with Gasteiger partial charge in [0.2, 0.25) is 5.91 Å². The molecule has 3 rings (SSSR count). The van der Waals surface area contributed by atoms with E-state index in [1.165, 1.54) is 19.4 Å². The molecule has 0 radical (unpaired) electrons. The molecule has 132 valence electrons. The third kappa shape index (κ3) is 3.63. The summed E-state index contributed by atoms with van der Waals surface area (Å²) in [7, 11) is 1.43. The van der Waals surface area contributed by atoms with Crippen LogP contribution in [-0.2, 0) is 15.7 Å². The lowest BCUT2D eigenvalue weighted by Gasteiger charge is -2.21. The van der Waals surface area contributed by atoms with Crippen LogP contribution in [0.1, 0.15) is 18.4 Å². The highest BCUT2D eigenvalue weighted by atomic mass is 19.4. The van der Waals surface area contributed by atoms with E-state index in [2.05, 4.69) is 10.3 Å². The fraction of sp³-hybridized carbons (Fsp3) is 0.625. The lowest BCUT2D eigenvalue weighted by atomic mass is 9.98. The summed E-state index contributed by atoms with van der Waals surface area (Å²) in [5.74, 6) is 0.306. The average Bonchev–Trinajstić information content (AvgIpc) is 3.28. The first kappa shape index (κ1) is 17.0. The molecule has 0 spiro atoms. The molecule has 1 saturated carbocycles. The first-order valence-corrected chi connectivity index (χ1v) is 7.95. The number of ether oxygens (including phenoxy) is 1. The largest absolute Gasteiger partial charge is 0.419 e. The molecule has 2 heterocycles. The van der Waals surface area contributed by atoms with Crippen LogP contribution < -0.4 is 10.2 Å². The molecule has 0 aromatic carbocycles. The third-order valence-electron chi connectivity index (χ3n) is 4.61. The lowest BCUT2D eigenvalue weighted by Crippen LogP contribution is -2.42. The van der Waals surface area contributed by atoms with Gasteiger partial charge in [0.1, 0.15) is 12.4 Å². The maximum absolute atomic E-state index is 13.2. The van der Waals surface area contributed by atoms with Crippen LogP contribution >= 0.6 is 0 Å². The molecule has 5 nitrogen and oxygen atoms in total. The number of anilines is 1. The second-order valence-corrected chi connectivity index (χ2v) is 6.39. The number of aromatic nitrogens is 1. The van der Waals surface area contributed by atoms with Gasteiger partial charge in [-0.2, -0.15) is 13.2 Å². The van der Waals surface area contributed by atoms with Gasteiger partial charge in [0.15, 0.2) is 0 Å². The number of amides is 1. The van der Waals surface area contributed by atoms with Crippen molar-refractivity contribution in [2.75, 3.05) is 31.7 Å². The van der Waals surface area contributed by atoms with Crippen molar-refractivity contribution in [1.29, 1.82) is 0 Å². The molecule has 1 aliphatic carbocycles. The number of hydrogen-bond donors (Lipinski definition) is 1. The van der Waals surface area contributed by atoms with Crippen molar-refractivity contribution >= 4 is 11.7 Å². The Kier molecular flexibility index (Phi) is 4.67. The monoisotopic (exact) mass is 343 g/mol. The molecule has 1 N–H and O–H groups in total. The minimum Gasteiger partial charge on any atom is -0.375 e. The summed E-state index contributed by atoms with van der Waals surface area (Å²) < 4.78 is 44.5. The second-order valence-electron chi connectivity index (χ2n) is 6.39. The number of carbonyl (C=O) groups is 1. The van der Waals surface area contributed by atoms with Crippen molar-refractivity contribution in [1.82, 2.24) is 10.3 Å². The minimum atomic E-state index is -4.45. The van der Waals surface area contributed by atoms with Crippen LogP contribution in [0.25, 0.3) is 0 Å². The summed E-state index contributed by atoms with van der Waals surface area (Å²) >= 11 is 0. The third-order valence-corrected chi connectivity index (χ3v) is 4.61. The van der Waals surface area contributed by atoms with Gasteiger partial charge in [-0.1, -0.05) is 0 Å². The molecule has 2 atom stereocenters. The van der Waals surface area contributed by atoms with Gasteiger partial charge in [0.05, 0.1) is 11.6 Å². The van der Waals surface area contributed by atoms with E-state index in [1.54, 1.807) is 4.90 Å². The number of halogens is 3. The van der Waals surface area contributed by atoms with Crippen molar-refractivity contribution in [3.8, 4) is 0 Å². The minimum absolute atomic E-state index is 0.0503. The fourth-order valence-corrected chi connectivity index (χ4v) is 3.41. The summed E-state index contributed by atoms with van der Waals surface area (Å²) in [5.41, 5.74) is -0.733. The smallest absolute Gasteiger partial charge is 0.375 e. The SMILES string of the molecule is COCC(=O)N[C@H]1CN(c2ncccc2C(F)(F)F)C[C@@H]1C1CC1. The van der Waals surface area contributed by atoms with E-state index in [0.717, 1.165) is 18.9 Å². The Morgan fingerprint density at radius 2 is 2.17 bits per heavy atom. The zero-order valence-corrected chi connectivity index (χ0v) is 13.3. The Hall–Kier alpha value is -1.83. The van der Waals surface area contributed by atoms with E-state index >= 15 is 0 Å². The molecule has 2 fully saturated rings. The van der Waals surface area contributed by atoms with Crippen molar-refractivity contribution < 1.29 is 22.7 Å². The van der Waals surface area contributed by atoms with Crippen LogP contribution in [0, 0.1) is 11.8 Å². The molecule has 0 unspecified atom stereocenters. The maximum atomic E-state index is 13.2. The van der Waals surface area contributed by atoms with Crippen LogP contribution in [0.3, 0.4) is 0 Å². The predicted octanol–water partition coefficient (Wildman–Crippen LogP) is 2.08. The summed E-state index contributed by atoms with van der Waals surface area (Å²) in [6.45, 7) is 0.755. The van der Waals surface area contributed by atoms with Gasteiger partial charge in [-0.3, -0.25) is 4.79 Å². The van der Waals surface area contributed by atoms with Gasteiger partial charge in [0, 0.05) is 32.3 Å². The van der Waals surface area contributed by atoms with Crippen LogP contribution in [0.5, 0.6) is 0 Å². The quantitative estimate of drug-likeness (QED) is 0.889. The Morgan fingerprint density at radius 3 is 2.79 bits per heavy atom. The predicted molar refractivity (Wildman–Crippen MR) is 81.5 cm³/mol. The summed E-state index contributed by atoms with van der Waals surface area (Å²) in [5, 5.41) is 2.89. The van der Waals surface area contributed by atoms with Crippen LogP contribution in [0.15, 0.2) is 18.3 Å². The molecule has 1 aliphatic heterocycles. The number of nitrogens with one attached hydrogen (secondary N) is 1. The number of pyridine rings is 1. The number of alkyl halides is 3. The first-order chi connectivity index (χ1) is 11.4. The summed E-state index contributed by atoms with van der Waals surface area (Å²) in [4.78, 5) is 17.4. The Morgan fingerprint density at radius 1 is 1.42 bits per heavy atom. The summed E-state index contributed by atoms with van der Waals surface area (Å²) in [6.07, 6.45) is -0.962. The van der Waals surface area contributed by atoms with Crippen LogP contribution in [0.4, 0.5) is 19.0 Å². The van der Waals surface area contributed by atoms with Gasteiger partial charge >= 0.3 is 6.18 Å². The zero-order chi connectivity index (χ0) is 17.3. The van der Waals surface area contributed by atoms with E-state index in [4.69, 9.17) is 4.74 Å². The van der Waals surface area contributed by atoms with Gasteiger partial charge in [-0.15, -0.1) is 0 Å². The van der Waals surface area contributed by atoms with Crippen molar-refractivity contribution in [3.63, 3.8) is 0 Å². The summed E-state index contributed by atoms with van der Waals surface area (Å²) in [6, 6.07) is 2.16. The Bertz CT molecular complexity index is 604. The zero-order valence-electron chi connectivity index (χ0n) is 13.3. The van der Waals surface area contributed by atoms with Crippen molar-refractivity contribution in [2.45, 2.75) is 25.1 Å². The van der Waals surface area contributed by atoms with Crippen molar-refractivity contribution in [3.05, 3.63) is 23.9 Å². The number of methoxy groups -OCH3 is 1. The second kappa shape index (κ2) is 6.58. The van der Waals surface area contributed by atoms with E-state index in [1.807, 2.05) is 0 Å². The molecular weight excluding hydrogens is 323 g/mol. The molecule has 1 aromatic heterocycles. The van der Waals surface area contributed by atoms with Crippen LogP contribution in [0.2, 0.25) is 0 Å². The van der Waals surface area contributed by atoms with E-state index in [0.29, 0.717) is 19.0 Å². The van der Waals surface area contributed by atoms with E-state index in [9.17, 15) is 18.0 Å². The van der Waals surface area contributed by atoms with Gasteiger partial charge in [0.25, 0.3) is 0 Å². The topological polar surface area (TPSA) is 54.5 Å². The highest BCUT2D eigenvalue weighted by Crippen LogP contribution is 2.44. The number of hydrogen-bond acceptors (Lipinski definition) is 4. The Balaban J connectivity index is 1.80. The molecule has 8 heteroatoms. The number of rotatable bonds is 5. The van der Waals surface area contributed by atoms with Gasteiger partial charge < -0.3 is 15.0 Å². The highest BCUT2D eigenvalue weighted by Gasteiger charge is 2.45. The standard InChI is InChI=1S/C16H20F3N3O2/c1-24-9-14(23)21-13-8-22(7-11(13)10-4-5-10)15-12(16(17,18)19)3-2-6-20-15/h2-3,6,10-11,13H,4-5,7-9H2,1H3,(H,21,23)/t11-,13+/m1/s1. The number of nitrogens with zero attached hydrogens (tertiary/aromatic N) is 2. The Labute approximate surface area is 138 Å². The normalized spacial score (nSPS) is 24.2. The highest BCUT2D eigenvalue weighted by molar-refractivity contribution is 5.77. The molecule has 1 amide bonds.